The molecule has 0 spiro atoms. The Morgan fingerprint density at radius 1 is 1.07 bits per heavy atom. The minimum Gasteiger partial charge on any atom is -0.399 e. The molecule has 0 aromatic heterocycles. The molecule has 0 radical (unpaired) electrons. The van der Waals surface area contributed by atoms with Gasteiger partial charge in [0.25, 0.3) is 0 Å². The minimum absolute atomic E-state index is 0.783. The van der Waals surface area contributed by atoms with Crippen molar-refractivity contribution in [2.45, 2.75) is 19.8 Å². The molecular weight excluding hydrogens is 184 g/mol. The molecule has 0 fully saturated rings. The van der Waals surface area contributed by atoms with Gasteiger partial charge in [-0.3, -0.25) is 0 Å². The van der Waals surface area contributed by atoms with Crippen LogP contribution in [0.1, 0.15) is 18.9 Å². The normalized spacial score (nSPS) is 10.7. The summed E-state index contributed by atoms with van der Waals surface area (Å²) < 4.78 is 0. The molecule has 0 bridgehead atoms. The SMILES string of the molecule is CCCc1ccc2cc(N)ccc2c1N. The van der Waals surface area contributed by atoms with E-state index in [0.717, 1.165) is 35.0 Å². The highest BCUT2D eigenvalue weighted by Gasteiger charge is 2.03. The third kappa shape index (κ3) is 1.75. The van der Waals surface area contributed by atoms with Gasteiger partial charge in [-0.25, -0.2) is 0 Å². The predicted octanol–water partition coefficient (Wildman–Crippen LogP) is 2.96. The third-order valence-corrected chi connectivity index (χ3v) is 2.70. The van der Waals surface area contributed by atoms with Crippen molar-refractivity contribution in [1.82, 2.24) is 0 Å². The van der Waals surface area contributed by atoms with Gasteiger partial charge < -0.3 is 11.5 Å². The van der Waals surface area contributed by atoms with Crippen molar-refractivity contribution in [3.63, 3.8) is 0 Å². The zero-order valence-corrected chi connectivity index (χ0v) is 8.96. The van der Waals surface area contributed by atoms with E-state index < -0.39 is 0 Å². The molecule has 0 saturated carbocycles. The molecule has 2 aromatic rings. The van der Waals surface area contributed by atoms with Gasteiger partial charge in [0, 0.05) is 16.8 Å². The number of aryl methyl sites for hydroxylation is 1. The standard InChI is InChI=1S/C13H16N2/c1-2-3-9-4-5-10-8-11(14)6-7-12(10)13(9)15/h4-8H,2-3,14-15H2,1H3. The maximum atomic E-state index is 6.11. The molecule has 15 heavy (non-hydrogen) atoms. The predicted molar refractivity (Wildman–Crippen MR) is 66.8 cm³/mol. The van der Waals surface area contributed by atoms with E-state index in [9.17, 15) is 0 Å². The van der Waals surface area contributed by atoms with Crippen LogP contribution in [0.25, 0.3) is 10.8 Å². The number of nitrogen functional groups attached to an aromatic ring is 2. The maximum Gasteiger partial charge on any atom is 0.0426 e. The fourth-order valence-corrected chi connectivity index (χ4v) is 1.90. The van der Waals surface area contributed by atoms with Gasteiger partial charge in [0.05, 0.1) is 0 Å². The molecule has 78 valence electrons. The fraction of sp³-hybridized carbons (Fsp3) is 0.231. The van der Waals surface area contributed by atoms with E-state index >= 15 is 0 Å². The summed E-state index contributed by atoms with van der Waals surface area (Å²) in [5.74, 6) is 0. The average Bonchev–Trinajstić information content (AvgIpc) is 2.22. The molecule has 0 heterocycles. The number of fused-ring (bicyclic) bond motifs is 1. The van der Waals surface area contributed by atoms with Gasteiger partial charge in [0.2, 0.25) is 0 Å². The maximum absolute atomic E-state index is 6.11. The van der Waals surface area contributed by atoms with Crippen LogP contribution >= 0.6 is 0 Å². The van der Waals surface area contributed by atoms with Gasteiger partial charge in [-0.15, -0.1) is 0 Å². The third-order valence-electron chi connectivity index (χ3n) is 2.70. The summed E-state index contributed by atoms with van der Waals surface area (Å²) in [5, 5.41) is 2.22. The van der Waals surface area contributed by atoms with E-state index in [-0.39, 0.29) is 0 Å². The Hall–Kier alpha value is -1.70. The van der Waals surface area contributed by atoms with Gasteiger partial charge >= 0.3 is 0 Å². The highest BCUT2D eigenvalue weighted by atomic mass is 14.6. The Morgan fingerprint density at radius 3 is 2.60 bits per heavy atom. The fourth-order valence-electron chi connectivity index (χ4n) is 1.90. The van der Waals surface area contributed by atoms with Crippen LogP contribution in [0.4, 0.5) is 11.4 Å². The molecule has 0 atom stereocenters. The first-order valence-electron chi connectivity index (χ1n) is 5.29. The van der Waals surface area contributed by atoms with Crippen LogP contribution in [0.15, 0.2) is 30.3 Å². The molecule has 2 aromatic carbocycles. The van der Waals surface area contributed by atoms with Crippen molar-refractivity contribution in [2.75, 3.05) is 11.5 Å². The quantitative estimate of drug-likeness (QED) is 0.732. The molecule has 0 unspecified atom stereocenters. The first-order chi connectivity index (χ1) is 7.22. The summed E-state index contributed by atoms with van der Waals surface area (Å²) in [4.78, 5) is 0. The van der Waals surface area contributed by atoms with E-state index in [0.29, 0.717) is 0 Å². The lowest BCUT2D eigenvalue weighted by molar-refractivity contribution is 0.926. The van der Waals surface area contributed by atoms with Crippen LogP contribution in [-0.4, -0.2) is 0 Å². The van der Waals surface area contributed by atoms with Crippen molar-refractivity contribution >= 4 is 22.1 Å². The lowest BCUT2D eigenvalue weighted by Gasteiger charge is -2.08. The van der Waals surface area contributed by atoms with E-state index in [1.807, 2.05) is 18.2 Å². The Morgan fingerprint density at radius 2 is 1.87 bits per heavy atom. The highest BCUT2D eigenvalue weighted by Crippen LogP contribution is 2.27. The summed E-state index contributed by atoms with van der Waals surface area (Å²) in [6.07, 6.45) is 2.15. The molecule has 2 heteroatoms. The molecule has 2 rings (SSSR count). The molecule has 0 aliphatic heterocycles. The van der Waals surface area contributed by atoms with Crippen LogP contribution in [-0.2, 0) is 6.42 Å². The number of rotatable bonds is 2. The van der Waals surface area contributed by atoms with Crippen LogP contribution in [0.2, 0.25) is 0 Å². The first-order valence-corrected chi connectivity index (χ1v) is 5.29. The Bertz CT molecular complexity index is 489. The smallest absolute Gasteiger partial charge is 0.0426 e. The van der Waals surface area contributed by atoms with E-state index in [4.69, 9.17) is 11.5 Å². The molecule has 0 aliphatic rings. The zero-order valence-electron chi connectivity index (χ0n) is 8.96. The Balaban J connectivity index is 2.63. The second-order valence-electron chi connectivity index (χ2n) is 3.87. The van der Waals surface area contributed by atoms with E-state index in [2.05, 4.69) is 19.1 Å². The number of hydrogen-bond donors (Lipinski definition) is 2. The number of benzene rings is 2. The molecule has 2 nitrogen and oxygen atoms in total. The second kappa shape index (κ2) is 3.81. The minimum atomic E-state index is 0.783. The van der Waals surface area contributed by atoms with Crippen LogP contribution in [0.5, 0.6) is 0 Å². The van der Waals surface area contributed by atoms with Crippen molar-refractivity contribution < 1.29 is 0 Å². The number of anilines is 2. The van der Waals surface area contributed by atoms with Crippen LogP contribution in [0, 0.1) is 0 Å². The number of nitrogens with two attached hydrogens (primary N) is 2. The molecule has 4 N–H and O–H groups in total. The van der Waals surface area contributed by atoms with Crippen LogP contribution in [0.3, 0.4) is 0 Å². The second-order valence-corrected chi connectivity index (χ2v) is 3.87. The monoisotopic (exact) mass is 200 g/mol. The topological polar surface area (TPSA) is 52.0 Å². The number of hydrogen-bond acceptors (Lipinski definition) is 2. The van der Waals surface area contributed by atoms with Crippen LogP contribution < -0.4 is 11.5 Å². The van der Waals surface area contributed by atoms with E-state index in [1.165, 1.54) is 5.56 Å². The van der Waals surface area contributed by atoms with Crippen molar-refractivity contribution in [3.8, 4) is 0 Å². The Labute approximate surface area is 89.9 Å². The summed E-state index contributed by atoms with van der Waals surface area (Å²) in [6, 6.07) is 10.0. The largest absolute Gasteiger partial charge is 0.399 e. The van der Waals surface area contributed by atoms with Gasteiger partial charge in [-0.1, -0.05) is 31.5 Å². The summed E-state index contributed by atoms with van der Waals surface area (Å²) in [6.45, 7) is 2.16. The molecule has 0 aliphatic carbocycles. The van der Waals surface area contributed by atoms with Crippen molar-refractivity contribution in [1.29, 1.82) is 0 Å². The zero-order chi connectivity index (χ0) is 10.8. The van der Waals surface area contributed by atoms with Gasteiger partial charge in [0.1, 0.15) is 0 Å². The summed E-state index contributed by atoms with van der Waals surface area (Å²) in [7, 11) is 0. The molecular formula is C13H16N2. The molecule has 0 amide bonds. The van der Waals surface area contributed by atoms with Gasteiger partial charge in [-0.05, 0) is 29.5 Å². The summed E-state index contributed by atoms with van der Waals surface area (Å²) >= 11 is 0. The van der Waals surface area contributed by atoms with Crippen molar-refractivity contribution in [2.24, 2.45) is 0 Å². The Kier molecular flexibility index (Phi) is 2.50. The average molecular weight is 200 g/mol. The lowest BCUT2D eigenvalue weighted by atomic mass is 10.0. The molecule has 0 saturated heterocycles. The summed E-state index contributed by atoms with van der Waals surface area (Å²) in [5.41, 5.74) is 14.8. The lowest BCUT2D eigenvalue weighted by Crippen LogP contribution is -1.95. The first kappa shape index (κ1) is 9.84. The highest BCUT2D eigenvalue weighted by molar-refractivity contribution is 5.96. The van der Waals surface area contributed by atoms with E-state index in [1.54, 1.807) is 0 Å². The van der Waals surface area contributed by atoms with Gasteiger partial charge in [-0.2, -0.15) is 0 Å². The van der Waals surface area contributed by atoms with Crippen molar-refractivity contribution in [3.05, 3.63) is 35.9 Å². The van der Waals surface area contributed by atoms with Gasteiger partial charge in [0.15, 0.2) is 0 Å².